The van der Waals surface area contributed by atoms with Crippen molar-refractivity contribution in [3.63, 3.8) is 0 Å². The third-order valence-electron chi connectivity index (χ3n) is 2.03. The van der Waals surface area contributed by atoms with E-state index in [1.165, 1.54) is 11.8 Å². The van der Waals surface area contributed by atoms with Crippen LogP contribution in [0.15, 0.2) is 24.3 Å². The lowest BCUT2D eigenvalue weighted by Crippen LogP contribution is -2.31. The highest BCUT2D eigenvalue weighted by atomic mass is 16.2. The van der Waals surface area contributed by atoms with Gasteiger partial charge in [0.25, 0.3) is 5.91 Å². The van der Waals surface area contributed by atoms with Crippen molar-refractivity contribution < 1.29 is 9.59 Å². The molecule has 0 atom stereocenters. The number of ketones is 1. The minimum absolute atomic E-state index is 0.451. The maximum absolute atomic E-state index is 11.3. The van der Waals surface area contributed by atoms with Gasteiger partial charge in [0.2, 0.25) is 5.78 Å². The summed E-state index contributed by atoms with van der Waals surface area (Å²) in [5, 5.41) is 0. The van der Waals surface area contributed by atoms with E-state index in [1.807, 2.05) is 31.2 Å². The Morgan fingerprint density at radius 1 is 1.14 bits per heavy atom. The second-order valence-corrected chi connectivity index (χ2v) is 3.26. The van der Waals surface area contributed by atoms with Crippen molar-refractivity contribution >= 4 is 17.4 Å². The number of Topliss-reactive ketones (excluding diaryl/α,β-unsaturated/α-hetero) is 1. The van der Waals surface area contributed by atoms with Crippen LogP contribution in [-0.2, 0) is 9.59 Å². The first-order valence-corrected chi connectivity index (χ1v) is 4.37. The topological polar surface area (TPSA) is 37.4 Å². The molecule has 1 rings (SSSR count). The predicted octanol–water partition coefficient (Wildman–Crippen LogP) is 1.55. The molecule has 3 nitrogen and oxygen atoms in total. The summed E-state index contributed by atoms with van der Waals surface area (Å²) in [6, 6.07) is 7.44. The van der Waals surface area contributed by atoms with Crippen molar-refractivity contribution in [3.05, 3.63) is 29.8 Å². The van der Waals surface area contributed by atoms with Crippen LogP contribution in [-0.4, -0.2) is 18.7 Å². The highest BCUT2D eigenvalue weighted by Crippen LogP contribution is 2.13. The standard InChI is InChI=1S/C11H13NO2/c1-8-4-6-10(7-5-8)12(3)11(14)9(2)13/h4-7H,1-3H3. The van der Waals surface area contributed by atoms with Gasteiger partial charge in [0.1, 0.15) is 0 Å². The summed E-state index contributed by atoms with van der Waals surface area (Å²) in [6.07, 6.45) is 0. The van der Waals surface area contributed by atoms with Gasteiger partial charge in [-0.15, -0.1) is 0 Å². The zero-order chi connectivity index (χ0) is 10.7. The number of likely N-dealkylation sites (N-methyl/N-ethyl adjacent to an activating group) is 1. The largest absolute Gasteiger partial charge is 0.309 e. The number of amides is 1. The van der Waals surface area contributed by atoms with Crippen LogP contribution in [0.25, 0.3) is 0 Å². The smallest absolute Gasteiger partial charge is 0.293 e. The van der Waals surface area contributed by atoms with Crippen molar-refractivity contribution in [2.24, 2.45) is 0 Å². The Morgan fingerprint density at radius 2 is 1.64 bits per heavy atom. The summed E-state index contributed by atoms with van der Waals surface area (Å²) in [6.45, 7) is 3.24. The van der Waals surface area contributed by atoms with Crippen molar-refractivity contribution in [2.45, 2.75) is 13.8 Å². The van der Waals surface area contributed by atoms with Crippen LogP contribution in [0, 0.1) is 6.92 Å². The molecule has 14 heavy (non-hydrogen) atoms. The minimum Gasteiger partial charge on any atom is -0.309 e. The molecule has 0 bridgehead atoms. The first-order valence-electron chi connectivity index (χ1n) is 4.37. The number of hydrogen-bond donors (Lipinski definition) is 0. The predicted molar refractivity (Wildman–Crippen MR) is 55.3 cm³/mol. The average Bonchev–Trinajstić information content (AvgIpc) is 2.16. The molecule has 0 unspecified atom stereocenters. The molecule has 3 heteroatoms. The molecule has 1 amide bonds. The first kappa shape index (κ1) is 10.4. The van der Waals surface area contributed by atoms with E-state index in [1.54, 1.807) is 7.05 Å². The van der Waals surface area contributed by atoms with E-state index in [0.717, 1.165) is 11.3 Å². The zero-order valence-electron chi connectivity index (χ0n) is 8.57. The number of benzene rings is 1. The molecule has 0 saturated carbocycles. The van der Waals surface area contributed by atoms with Crippen LogP contribution in [0.1, 0.15) is 12.5 Å². The molecule has 0 radical (unpaired) electrons. The van der Waals surface area contributed by atoms with E-state index in [4.69, 9.17) is 0 Å². The molecule has 1 aromatic rings. The lowest BCUT2D eigenvalue weighted by molar-refractivity contribution is -0.134. The summed E-state index contributed by atoms with van der Waals surface area (Å²) in [4.78, 5) is 23.5. The summed E-state index contributed by atoms with van der Waals surface area (Å²) < 4.78 is 0. The number of carbonyl (C=O) groups excluding carboxylic acids is 2. The highest BCUT2D eigenvalue weighted by molar-refractivity contribution is 6.40. The number of nitrogens with zero attached hydrogens (tertiary/aromatic N) is 1. The van der Waals surface area contributed by atoms with Crippen LogP contribution in [0.2, 0.25) is 0 Å². The first-order chi connectivity index (χ1) is 6.52. The van der Waals surface area contributed by atoms with Gasteiger partial charge in [-0.1, -0.05) is 17.7 Å². The Morgan fingerprint density at radius 3 is 2.07 bits per heavy atom. The van der Waals surface area contributed by atoms with E-state index < -0.39 is 11.7 Å². The van der Waals surface area contributed by atoms with Gasteiger partial charge in [-0.05, 0) is 19.1 Å². The average molecular weight is 191 g/mol. The van der Waals surface area contributed by atoms with Gasteiger partial charge >= 0.3 is 0 Å². The van der Waals surface area contributed by atoms with Crippen LogP contribution >= 0.6 is 0 Å². The lowest BCUT2D eigenvalue weighted by Gasteiger charge is -2.15. The molecule has 1 aromatic carbocycles. The number of anilines is 1. The third kappa shape index (κ3) is 2.19. The van der Waals surface area contributed by atoms with Crippen molar-refractivity contribution in [1.82, 2.24) is 0 Å². The molecular weight excluding hydrogens is 178 g/mol. The molecular formula is C11H13NO2. The molecule has 0 fully saturated rings. The van der Waals surface area contributed by atoms with E-state index in [-0.39, 0.29) is 0 Å². The molecule has 0 aliphatic heterocycles. The fourth-order valence-electron chi connectivity index (χ4n) is 1.12. The van der Waals surface area contributed by atoms with Gasteiger partial charge in [0.05, 0.1) is 0 Å². The Kier molecular flexibility index (Phi) is 3.02. The monoisotopic (exact) mass is 191 g/mol. The fraction of sp³-hybridized carbons (Fsp3) is 0.273. The molecule has 0 aliphatic carbocycles. The van der Waals surface area contributed by atoms with E-state index in [2.05, 4.69) is 0 Å². The van der Waals surface area contributed by atoms with Crippen molar-refractivity contribution in [2.75, 3.05) is 11.9 Å². The van der Waals surface area contributed by atoms with Crippen LogP contribution in [0.3, 0.4) is 0 Å². The number of hydrogen-bond acceptors (Lipinski definition) is 2. The Labute approximate surface area is 83.3 Å². The summed E-state index contributed by atoms with van der Waals surface area (Å²) in [5.41, 5.74) is 1.85. The van der Waals surface area contributed by atoms with Gasteiger partial charge in [-0.3, -0.25) is 9.59 Å². The maximum Gasteiger partial charge on any atom is 0.293 e. The summed E-state index contributed by atoms with van der Waals surface area (Å²) >= 11 is 0. The normalized spacial score (nSPS) is 9.64. The number of aryl methyl sites for hydroxylation is 1. The lowest BCUT2D eigenvalue weighted by atomic mass is 10.2. The molecule has 0 aromatic heterocycles. The Hall–Kier alpha value is -1.64. The summed E-state index contributed by atoms with van der Waals surface area (Å²) in [5.74, 6) is -0.943. The second-order valence-electron chi connectivity index (χ2n) is 3.26. The van der Waals surface area contributed by atoms with E-state index >= 15 is 0 Å². The van der Waals surface area contributed by atoms with Gasteiger partial charge in [-0.2, -0.15) is 0 Å². The van der Waals surface area contributed by atoms with Gasteiger partial charge < -0.3 is 4.90 Å². The van der Waals surface area contributed by atoms with Crippen LogP contribution < -0.4 is 4.90 Å². The van der Waals surface area contributed by atoms with E-state index in [9.17, 15) is 9.59 Å². The van der Waals surface area contributed by atoms with E-state index in [0.29, 0.717) is 0 Å². The quantitative estimate of drug-likeness (QED) is 0.665. The zero-order valence-corrected chi connectivity index (χ0v) is 8.57. The minimum atomic E-state index is -0.492. The third-order valence-corrected chi connectivity index (χ3v) is 2.03. The number of rotatable bonds is 2. The molecule has 0 saturated heterocycles. The SMILES string of the molecule is CC(=O)C(=O)N(C)c1ccc(C)cc1. The molecule has 0 N–H and O–H groups in total. The Balaban J connectivity index is 2.89. The van der Waals surface area contributed by atoms with Crippen molar-refractivity contribution in [3.8, 4) is 0 Å². The molecule has 0 heterocycles. The van der Waals surface area contributed by atoms with Gasteiger partial charge in [-0.25, -0.2) is 0 Å². The van der Waals surface area contributed by atoms with Gasteiger partial charge in [0, 0.05) is 19.7 Å². The van der Waals surface area contributed by atoms with Crippen LogP contribution in [0.4, 0.5) is 5.69 Å². The van der Waals surface area contributed by atoms with Gasteiger partial charge in [0.15, 0.2) is 0 Å². The molecule has 74 valence electrons. The molecule has 0 spiro atoms. The number of carbonyl (C=O) groups is 2. The highest BCUT2D eigenvalue weighted by Gasteiger charge is 2.14. The molecule has 0 aliphatic rings. The Bertz CT molecular complexity index is 354. The second kappa shape index (κ2) is 4.05. The maximum atomic E-state index is 11.3. The summed E-state index contributed by atoms with van der Waals surface area (Å²) in [7, 11) is 1.59. The fourth-order valence-corrected chi connectivity index (χ4v) is 1.12. The van der Waals surface area contributed by atoms with Crippen LogP contribution in [0.5, 0.6) is 0 Å². The van der Waals surface area contributed by atoms with Crippen molar-refractivity contribution in [1.29, 1.82) is 0 Å².